The minimum absolute atomic E-state index is 0.171. The summed E-state index contributed by atoms with van der Waals surface area (Å²) >= 11 is 0. The van der Waals surface area contributed by atoms with Gasteiger partial charge >= 0.3 is 0 Å². The number of hydrogen-bond acceptors (Lipinski definition) is 1. The van der Waals surface area contributed by atoms with Crippen LogP contribution in [0, 0.1) is 18.6 Å². The molecule has 1 unspecified atom stereocenters. The zero-order valence-corrected chi connectivity index (χ0v) is 12.5. The van der Waals surface area contributed by atoms with E-state index in [1.165, 1.54) is 23.3 Å². The Morgan fingerprint density at radius 2 is 1.81 bits per heavy atom. The van der Waals surface area contributed by atoms with Gasteiger partial charge in [0.2, 0.25) is 0 Å². The molecule has 0 aliphatic carbocycles. The number of halogens is 2. The Morgan fingerprint density at radius 1 is 1.05 bits per heavy atom. The van der Waals surface area contributed by atoms with Crippen LogP contribution in [-0.2, 0) is 12.8 Å². The summed E-state index contributed by atoms with van der Waals surface area (Å²) in [5.74, 6) is -0.997. The zero-order valence-electron chi connectivity index (χ0n) is 12.5. The van der Waals surface area contributed by atoms with Crippen LogP contribution in [0.5, 0.6) is 0 Å². The van der Waals surface area contributed by atoms with E-state index < -0.39 is 11.6 Å². The van der Waals surface area contributed by atoms with Crippen molar-refractivity contribution in [3.8, 4) is 0 Å². The molecule has 1 N–H and O–H groups in total. The van der Waals surface area contributed by atoms with Crippen LogP contribution in [0.2, 0.25) is 0 Å². The fourth-order valence-corrected chi connectivity index (χ4v) is 2.52. The minimum Gasteiger partial charge on any atom is -0.317 e. The monoisotopic (exact) mass is 289 g/mol. The first kappa shape index (κ1) is 15.6. The molecule has 2 rings (SSSR count). The molecule has 0 bridgehead atoms. The largest absolute Gasteiger partial charge is 0.317 e. The summed E-state index contributed by atoms with van der Waals surface area (Å²) in [4.78, 5) is 0. The van der Waals surface area contributed by atoms with Crippen LogP contribution in [0.15, 0.2) is 42.5 Å². The third-order valence-corrected chi connectivity index (χ3v) is 3.91. The molecule has 0 spiro atoms. The number of aryl methyl sites for hydroxylation is 2. The molecule has 21 heavy (non-hydrogen) atoms. The summed E-state index contributed by atoms with van der Waals surface area (Å²) in [7, 11) is 1.88. The molecule has 0 radical (unpaired) electrons. The molecule has 112 valence electrons. The van der Waals surface area contributed by atoms with E-state index in [-0.39, 0.29) is 6.04 Å². The van der Waals surface area contributed by atoms with E-state index in [1.54, 1.807) is 0 Å². The van der Waals surface area contributed by atoms with Gasteiger partial charge in [0.1, 0.15) is 11.6 Å². The van der Waals surface area contributed by atoms with E-state index in [4.69, 9.17) is 0 Å². The lowest BCUT2D eigenvalue weighted by Gasteiger charge is -2.17. The van der Waals surface area contributed by atoms with Crippen LogP contribution >= 0.6 is 0 Å². The van der Waals surface area contributed by atoms with Crippen molar-refractivity contribution in [1.82, 2.24) is 5.32 Å². The summed E-state index contributed by atoms with van der Waals surface area (Å²) in [5, 5.41) is 3.22. The second-order valence-electron chi connectivity index (χ2n) is 5.39. The standard InChI is InChI=1S/C18H21F2N/c1-13-5-3-4-6-14(13)8-10-17(21-2)11-15-7-9-16(19)12-18(15)20/h3-7,9,12,17,21H,8,10-11H2,1-2H3. The van der Waals surface area contributed by atoms with Crippen molar-refractivity contribution in [3.05, 3.63) is 70.8 Å². The lowest BCUT2D eigenvalue weighted by atomic mass is 9.97. The van der Waals surface area contributed by atoms with Crippen LogP contribution in [0.1, 0.15) is 23.1 Å². The van der Waals surface area contributed by atoms with Gasteiger partial charge in [-0.2, -0.15) is 0 Å². The van der Waals surface area contributed by atoms with Crippen LogP contribution in [0.3, 0.4) is 0 Å². The van der Waals surface area contributed by atoms with E-state index in [0.717, 1.165) is 18.9 Å². The molecule has 0 amide bonds. The number of nitrogens with one attached hydrogen (secondary N) is 1. The van der Waals surface area contributed by atoms with Crippen LogP contribution in [-0.4, -0.2) is 13.1 Å². The van der Waals surface area contributed by atoms with Crippen LogP contribution in [0.25, 0.3) is 0 Å². The fourth-order valence-electron chi connectivity index (χ4n) is 2.52. The minimum atomic E-state index is -0.530. The maximum absolute atomic E-state index is 13.7. The molecule has 3 heteroatoms. The fraction of sp³-hybridized carbons (Fsp3) is 0.333. The SMILES string of the molecule is CNC(CCc1ccccc1C)Cc1ccc(F)cc1F. The van der Waals surface area contributed by atoms with E-state index >= 15 is 0 Å². The Morgan fingerprint density at radius 3 is 2.48 bits per heavy atom. The molecule has 0 saturated carbocycles. The molecule has 0 aliphatic rings. The van der Waals surface area contributed by atoms with E-state index in [1.807, 2.05) is 19.2 Å². The molecule has 0 heterocycles. The van der Waals surface area contributed by atoms with Gasteiger partial charge in [0, 0.05) is 12.1 Å². The molecule has 0 aliphatic heterocycles. The van der Waals surface area contributed by atoms with Crippen molar-refractivity contribution in [2.24, 2.45) is 0 Å². The van der Waals surface area contributed by atoms with Crippen molar-refractivity contribution < 1.29 is 8.78 Å². The number of benzene rings is 2. The first-order valence-corrected chi connectivity index (χ1v) is 7.26. The topological polar surface area (TPSA) is 12.0 Å². The highest BCUT2D eigenvalue weighted by Crippen LogP contribution is 2.16. The lowest BCUT2D eigenvalue weighted by Crippen LogP contribution is -2.28. The average Bonchev–Trinajstić information content (AvgIpc) is 2.47. The van der Waals surface area contributed by atoms with Gasteiger partial charge in [-0.1, -0.05) is 30.3 Å². The van der Waals surface area contributed by atoms with Crippen molar-refractivity contribution >= 4 is 0 Å². The van der Waals surface area contributed by atoms with Gasteiger partial charge in [0.15, 0.2) is 0 Å². The molecule has 1 nitrogen and oxygen atoms in total. The predicted octanol–water partition coefficient (Wildman–Crippen LogP) is 4.04. The average molecular weight is 289 g/mol. The molecule has 2 aromatic carbocycles. The zero-order chi connectivity index (χ0) is 15.2. The van der Waals surface area contributed by atoms with E-state index in [0.29, 0.717) is 12.0 Å². The molecular weight excluding hydrogens is 268 g/mol. The summed E-state index contributed by atoms with van der Waals surface area (Å²) < 4.78 is 26.6. The van der Waals surface area contributed by atoms with Gasteiger partial charge in [-0.15, -0.1) is 0 Å². The molecule has 0 saturated heterocycles. The highest BCUT2D eigenvalue weighted by molar-refractivity contribution is 5.26. The molecule has 2 aromatic rings. The van der Waals surface area contributed by atoms with Crippen molar-refractivity contribution in [2.75, 3.05) is 7.05 Å². The quantitative estimate of drug-likeness (QED) is 0.846. The lowest BCUT2D eigenvalue weighted by molar-refractivity contribution is 0.500. The second-order valence-corrected chi connectivity index (χ2v) is 5.39. The molecule has 1 atom stereocenters. The van der Waals surface area contributed by atoms with Crippen molar-refractivity contribution in [2.45, 2.75) is 32.2 Å². The maximum Gasteiger partial charge on any atom is 0.129 e. The van der Waals surface area contributed by atoms with Gasteiger partial charge < -0.3 is 5.32 Å². The summed E-state index contributed by atoms with van der Waals surface area (Å²) in [6.45, 7) is 2.10. The Kier molecular flexibility index (Phi) is 5.45. The van der Waals surface area contributed by atoms with Gasteiger partial charge in [0.25, 0.3) is 0 Å². The summed E-state index contributed by atoms with van der Waals surface area (Å²) in [5.41, 5.74) is 3.15. The third kappa shape index (κ3) is 4.36. The number of hydrogen-bond donors (Lipinski definition) is 1. The third-order valence-electron chi connectivity index (χ3n) is 3.91. The van der Waals surface area contributed by atoms with E-state index in [2.05, 4.69) is 24.4 Å². The van der Waals surface area contributed by atoms with Gasteiger partial charge in [0.05, 0.1) is 0 Å². The summed E-state index contributed by atoms with van der Waals surface area (Å²) in [6, 6.07) is 12.3. The Hall–Kier alpha value is -1.74. The first-order valence-electron chi connectivity index (χ1n) is 7.26. The molecule has 0 fully saturated rings. The Labute approximate surface area is 125 Å². The van der Waals surface area contributed by atoms with Gasteiger partial charge in [-0.25, -0.2) is 8.78 Å². The number of rotatable bonds is 6. The highest BCUT2D eigenvalue weighted by atomic mass is 19.1. The first-order chi connectivity index (χ1) is 10.1. The van der Waals surface area contributed by atoms with Gasteiger partial charge in [-0.3, -0.25) is 0 Å². The van der Waals surface area contributed by atoms with E-state index in [9.17, 15) is 8.78 Å². The van der Waals surface area contributed by atoms with Crippen molar-refractivity contribution in [1.29, 1.82) is 0 Å². The molecular formula is C18H21F2N. The van der Waals surface area contributed by atoms with Crippen molar-refractivity contribution in [3.63, 3.8) is 0 Å². The summed E-state index contributed by atoms with van der Waals surface area (Å²) in [6.07, 6.45) is 2.42. The van der Waals surface area contributed by atoms with Gasteiger partial charge in [-0.05, 0) is 56.0 Å². The second kappa shape index (κ2) is 7.32. The van der Waals surface area contributed by atoms with Crippen LogP contribution in [0.4, 0.5) is 8.78 Å². The number of likely N-dealkylation sites (N-methyl/N-ethyl adjacent to an activating group) is 1. The smallest absolute Gasteiger partial charge is 0.129 e. The van der Waals surface area contributed by atoms with Crippen LogP contribution < -0.4 is 5.32 Å². The maximum atomic E-state index is 13.7. The Balaban J connectivity index is 1.99. The highest BCUT2D eigenvalue weighted by Gasteiger charge is 2.12. The Bertz CT molecular complexity index is 596. The molecule has 0 aromatic heterocycles. The predicted molar refractivity (Wildman–Crippen MR) is 82.4 cm³/mol. The normalized spacial score (nSPS) is 12.4.